The first-order valence-electron chi connectivity index (χ1n) is 8.32. The normalized spacial score (nSPS) is 16.4. The number of pyridine rings is 1. The van der Waals surface area contributed by atoms with E-state index in [-0.39, 0.29) is 23.3 Å². The van der Waals surface area contributed by atoms with Crippen LogP contribution in [0.25, 0.3) is 10.8 Å². The number of carbonyl (C=O) groups excluding carboxylic acids is 1. The number of amides is 1. The highest BCUT2D eigenvalue weighted by atomic mass is 19.1. The highest BCUT2D eigenvalue weighted by Crippen LogP contribution is 2.30. The Morgan fingerprint density at radius 2 is 2.08 bits per heavy atom. The van der Waals surface area contributed by atoms with Crippen LogP contribution >= 0.6 is 0 Å². The number of nitrogens with one attached hydrogen (secondary N) is 2. The fourth-order valence-electron chi connectivity index (χ4n) is 3.55. The highest BCUT2D eigenvalue weighted by Gasteiger charge is 2.23. The molecule has 1 aliphatic carbocycles. The molecule has 5 heteroatoms. The summed E-state index contributed by atoms with van der Waals surface area (Å²) in [4.78, 5) is 26.9. The smallest absolute Gasteiger partial charge is 0.252 e. The van der Waals surface area contributed by atoms with Gasteiger partial charge in [0.1, 0.15) is 5.82 Å². The van der Waals surface area contributed by atoms with Crippen molar-refractivity contribution in [1.82, 2.24) is 10.3 Å². The molecule has 0 saturated heterocycles. The van der Waals surface area contributed by atoms with E-state index in [9.17, 15) is 14.0 Å². The molecule has 1 amide bonds. The molecule has 4 nitrogen and oxygen atoms in total. The molecule has 1 heterocycles. The van der Waals surface area contributed by atoms with E-state index in [1.165, 1.54) is 18.2 Å². The van der Waals surface area contributed by atoms with Gasteiger partial charge in [0.05, 0.1) is 6.04 Å². The van der Waals surface area contributed by atoms with Gasteiger partial charge in [-0.05, 0) is 54.0 Å². The summed E-state index contributed by atoms with van der Waals surface area (Å²) in [6.07, 6.45) is 4.19. The lowest BCUT2D eigenvalue weighted by atomic mass is 9.87. The molecule has 2 N–H and O–H groups in total. The number of hydrogen-bond donors (Lipinski definition) is 2. The number of aryl methyl sites for hydroxylation is 1. The maximum absolute atomic E-state index is 13.6. The first kappa shape index (κ1) is 15.6. The summed E-state index contributed by atoms with van der Waals surface area (Å²) < 4.78 is 13.6. The van der Waals surface area contributed by atoms with Crippen LogP contribution in [-0.4, -0.2) is 10.9 Å². The number of benzene rings is 2. The summed E-state index contributed by atoms with van der Waals surface area (Å²) in [7, 11) is 0. The van der Waals surface area contributed by atoms with Gasteiger partial charge in [-0.3, -0.25) is 9.59 Å². The van der Waals surface area contributed by atoms with Gasteiger partial charge < -0.3 is 10.3 Å². The van der Waals surface area contributed by atoms with E-state index >= 15 is 0 Å². The summed E-state index contributed by atoms with van der Waals surface area (Å²) in [5.41, 5.74) is 2.23. The number of rotatable bonds is 2. The van der Waals surface area contributed by atoms with Crippen LogP contribution in [0.4, 0.5) is 4.39 Å². The van der Waals surface area contributed by atoms with Crippen LogP contribution < -0.4 is 10.9 Å². The molecule has 0 fully saturated rings. The van der Waals surface area contributed by atoms with Crippen LogP contribution in [0.1, 0.15) is 40.4 Å². The lowest BCUT2D eigenvalue weighted by Crippen LogP contribution is -2.31. The van der Waals surface area contributed by atoms with Crippen molar-refractivity contribution in [3.63, 3.8) is 0 Å². The zero-order chi connectivity index (χ0) is 17.4. The van der Waals surface area contributed by atoms with E-state index in [0.29, 0.717) is 16.3 Å². The minimum absolute atomic E-state index is 0.204. The number of aromatic amines is 1. The van der Waals surface area contributed by atoms with Gasteiger partial charge in [-0.15, -0.1) is 0 Å². The van der Waals surface area contributed by atoms with Crippen LogP contribution in [0.5, 0.6) is 0 Å². The molecule has 1 atom stereocenters. The molecule has 0 aliphatic heterocycles. The Morgan fingerprint density at radius 3 is 2.96 bits per heavy atom. The SMILES string of the molecule is O=C(N[C@@H]1CCCc2ccc(F)cc21)c1cccc2cc(=O)[nH]cc12. The summed E-state index contributed by atoms with van der Waals surface area (Å²) >= 11 is 0. The Balaban J connectivity index is 1.68. The number of halogens is 1. The molecule has 0 radical (unpaired) electrons. The third-order valence-electron chi connectivity index (χ3n) is 4.76. The molecular weight excluding hydrogens is 319 g/mol. The first-order valence-corrected chi connectivity index (χ1v) is 8.32. The van der Waals surface area contributed by atoms with Crippen molar-refractivity contribution in [3.05, 3.63) is 81.5 Å². The van der Waals surface area contributed by atoms with E-state index in [4.69, 9.17) is 0 Å². The van der Waals surface area contributed by atoms with Crippen LogP contribution in [0, 0.1) is 5.82 Å². The van der Waals surface area contributed by atoms with Gasteiger partial charge in [-0.25, -0.2) is 4.39 Å². The van der Waals surface area contributed by atoms with Gasteiger partial charge in [0.2, 0.25) is 5.56 Å². The Morgan fingerprint density at radius 1 is 1.20 bits per heavy atom. The topological polar surface area (TPSA) is 62.0 Å². The van der Waals surface area contributed by atoms with Gasteiger partial charge in [0.15, 0.2) is 0 Å². The molecule has 4 rings (SSSR count). The van der Waals surface area contributed by atoms with Crippen molar-refractivity contribution in [2.24, 2.45) is 0 Å². The second kappa shape index (κ2) is 6.16. The molecule has 0 bridgehead atoms. The molecule has 126 valence electrons. The molecule has 0 spiro atoms. The number of H-pyrrole nitrogens is 1. The fourth-order valence-corrected chi connectivity index (χ4v) is 3.55. The second-order valence-electron chi connectivity index (χ2n) is 6.37. The Hall–Kier alpha value is -2.95. The average Bonchev–Trinajstić information content (AvgIpc) is 2.61. The van der Waals surface area contributed by atoms with Crippen molar-refractivity contribution < 1.29 is 9.18 Å². The number of hydrogen-bond acceptors (Lipinski definition) is 2. The molecular formula is C20H17FN2O2. The summed E-state index contributed by atoms with van der Waals surface area (Å²) in [5.74, 6) is -0.512. The van der Waals surface area contributed by atoms with Crippen molar-refractivity contribution in [2.75, 3.05) is 0 Å². The standard InChI is InChI=1S/C20H17FN2O2/c21-14-8-7-12-3-2-6-18(16(12)10-14)23-20(25)15-5-1-4-13-9-19(24)22-11-17(13)15/h1,4-5,7-11,18H,2-3,6H2,(H,22,24)(H,23,25)/t18-/m1/s1. The van der Waals surface area contributed by atoms with Gasteiger partial charge in [0.25, 0.3) is 5.91 Å². The molecule has 0 unspecified atom stereocenters. The van der Waals surface area contributed by atoms with Gasteiger partial charge in [-0.1, -0.05) is 18.2 Å². The van der Waals surface area contributed by atoms with Crippen LogP contribution in [0.15, 0.2) is 53.5 Å². The second-order valence-corrected chi connectivity index (χ2v) is 6.37. The number of carbonyl (C=O) groups is 1. The van der Waals surface area contributed by atoms with Crippen molar-refractivity contribution in [1.29, 1.82) is 0 Å². The maximum atomic E-state index is 13.6. The lowest BCUT2D eigenvalue weighted by molar-refractivity contribution is 0.0934. The van der Waals surface area contributed by atoms with E-state index in [1.807, 2.05) is 0 Å². The highest BCUT2D eigenvalue weighted by molar-refractivity contribution is 6.06. The predicted molar refractivity (Wildman–Crippen MR) is 94.1 cm³/mol. The lowest BCUT2D eigenvalue weighted by Gasteiger charge is -2.26. The molecule has 3 aromatic rings. The first-order chi connectivity index (χ1) is 12.1. The van der Waals surface area contributed by atoms with Crippen molar-refractivity contribution >= 4 is 16.7 Å². The van der Waals surface area contributed by atoms with Crippen LogP contribution in [0.2, 0.25) is 0 Å². The van der Waals surface area contributed by atoms with Crippen LogP contribution in [0.3, 0.4) is 0 Å². The number of fused-ring (bicyclic) bond motifs is 2. The third kappa shape index (κ3) is 2.93. The van der Waals surface area contributed by atoms with E-state index in [2.05, 4.69) is 10.3 Å². The minimum atomic E-state index is -0.289. The zero-order valence-corrected chi connectivity index (χ0v) is 13.5. The summed E-state index contributed by atoms with van der Waals surface area (Å²) in [6, 6.07) is 11.3. The Bertz CT molecular complexity index is 1030. The summed E-state index contributed by atoms with van der Waals surface area (Å²) in [5, 5.41) is 4.43. The van der Waals surface area contributed by atoms with Gasteiger partial charge in [0, 0.05) is 23.2 Å². The monoisotopic (exact) mass is 336 g/mol. The average molecular weight is 336 g/mol. The molecule has 1 aliphatic rings. The maximum Gasteiger partial charge on any atom is 0.252 e. The summed E-state index contributed by atoms with van der Waals surface area (Å²) in [6.45, 7) is 0. The Labute approximate surface area is 143 Å². The number of aromatic nitrogens is 1. The zero-order valence-electron chi connectivity index (χ0n) is 13.5. The van der Waals surface area contributed by atoms with Crippen molar-refractivity contribution in [3.8, 4) is 0 Å². The van der Waals surface area contributed by atoms with E-state index in [1.54, 1.807) is 30.5 Å². The molecule has 0 saturated carbocycles. The van der Waals surface area contributed by atoms with Crippen molar-refractivity contribution in [2.45, 2.75) is 25.3 Å². The van der Waals surface area contributed by atoms with Gasteiger partial charge in [-0.2, -0.15) is 0 Å². The molecule has 1 aromatic heterocycles. The quantitative estimate of drug-likeness (QED) is 0.753. The van der Waals surface area contributed by atoms with Crippen LogP contribution in [-0.2, 0) is 6.42 Å². The largest absolute Gasteiger partial charge is 0.345 e. The predicted octanol–water partition coefficient (Wildman–Crippen LogP) is 3.47. The Kier molecular flexibility index (Phi) is 3.84. The third-order valence-corrected chi connectivity index (χ3v) is 4.76. The minimum Gasteiger partial charge on any atom is -0.345 e. The molecule has 2 aromatic carbocycles. The van der Waals surface area contributed by atoms with E-state index in [0.717, 1.165) is 30.4 Å². The fraction of sp³-hybridized carbons (Fsp3) is 0.200. The van der Waals surface area contributed by atoms with E-state index < -0.39 is 0 Å². The molecule has 25 heavy (non-hydrogen) atoms. The van der Waals surface area contributed by atoms with Gasteiger partial charge >= 0.3 is 0 Å².